The fourth-order valence-corrected chi connectivity index (χ4v) is 3.53. The minimum Gasteiger partial charge on any atom is -0.373 e. The molecule has 1 aromatic heterocycles. The number of rotatable bonds is 6. The quantitative estimate of drug-likeness (QED) is 0.816. The van der Waals surface area contributed by atoms with Gasteiger partial charge in [-0.3, -0.25) is 0 Å². The Labute approximate surface area is 120 Å². The molecule has 20 heavy (non-hydrogen) atoms. The Balaban J connectivity index is 2.11. The van der Waals surface area contributed by atoms with Gasteiger partial charge < -0.3 is 10.2 Å². The topological polar surface area (TPSA) is 74.3 Å². The van der Waals surface area contributed by atoms with Crippen LogP contribution >= 0.6 is 0 Å². The van der Waals surface area contributed by atoms with Gasteiger partial charge in [-0.2, -0.15) is 0 Å². The van der Waals surface area contributed by atoms with Crippen molar-refractivity contribution in [1.29, 1.82) is 0 Å². The van der Waals surface area contributed by atoms with E-state index in [0.717, 1.165) is 19.3 Å². The zero-order chi connectivity index (χ0) is 14.8. The number of sulfonamides is 1. The molecule has 0 unspecified atom stereocenters. The van der Waals surface area contributed by atoms with E-state index in [1.165, 1.54) is 18.3 Å². The lowest BCUT2D eigenvalue weighted by atomic mass is 9.76. The highest BCUT2D eigenvalue weighted by Gasteiger charge is 2.39. The normalized spacial score (nSPS) is 17.8. The van der Waals surface area contributed by atoms with Gasteiger partial charge in [0, 0.05) is 31.4 Å². The number of anilines is 1. The number of likely N-dealkylation sites (N-methyl/N-ethyl adjacent to an activating group) is 1. The van der Waals surface area contributed by atoms with Crippen molar-refractivity contribution in [3.63, 3.8) is 0 Å². The van der Waals surface area contributed by atoms with Crippen LogP contribution in [0.2, 0.25) is 0 Å². The average molecular weight is 298 g/mol. The van der Waals surface area contributed by atoms with Crippen molar-refractivity contribution in [1.82, 2.24) is 14.6 Å². The molecule has 1 aliphatic carbocycles. The third kappa shape index (κ3) is 2.94. The summed E-state index contributed by atoms with van der Waals surface area (Å²) in [7, 11) is 2.22. The number of hydrogen-bond donors (Lipinski definition) is 2. The molecule has 1 saturated carbocycles. The lowest BCUT2D eigenvalue weighted by Gasteiger charge is -2.47. The highest BCUT2D eigenvalue weighted by Crippen LogP contribution is 2.35. The van der Waals surface area contributed by atoms with E-state index >= 15 is 0 Å². The van der Waals surface area contributed by atoms with E-state index in [0.29, 0.717) is 12.4 Å². The Morgan fingerprint density at radius 1 is 1.40 bits per heavy atom. The second-order valence-electron chi connectivity index (χ2n) is 5.42. The van der Waals surface area contributed by atoms with E-state index in [-0.39, 0.29) is 10.4 Å². The van der Waals surface area contributed by atoms with E-state index in [2.05, 4.69) is 19.9 Å². The third-order valence-electron chi connectivity index (χ3n) is 4.12. The first-order chi connectivity index (χ1) is 9.39. The first kappa shape index (κ1) is 15.2. The minimum absolute atomic E-state index is 0.0358. The number of nitrogens with one attached hydrogen (secondary N) is 2. The second kappa shape index (κ2) is 5.67. The van der Waals surface area contributed by atoms with Gasteiger partial charge in [-0.25, -0.2) is 18.1 Å². The molecule has 0 spiro atoms. The molecule has 1 aromatic rings. The predicted octanol–water partition coefficient (Wildman–Crippen LogP) is 0.886. The fraction of sp³-hybridized carbons (Fsp3) is 0.615. The van der Waals surface area contributed by atoms with Crippen LogP contribution in [0.3, 0.4) is 0 Å². The van der Waals surface area contributed by atoms with Crippen LogP contribution in [0.4, 0.5) is 5.82 Å². The molecule has 2 N–H and O–H groups in total. The smallest absolute Gasteiger partial charge is 0.240 e. The molecule has 112 valence electrons. The Kier molecular flexibility index (Phi) is 4.31. The van der Waals surface area contributed by atoms with Gasteiger partial charge in [0.2, 0.25) is 10.0 Å². The summed E-state index contributed by atoms with van der Waals surface area (Å²) in [6.07, 6.45) is 4.70. The van der Waals surface area contributed by atoms with E-state index in [4.69, 9.17) is 0 Å². The van der Waals surface area contributed by atoms with Gasteiger partial charge in [-0.05, 0) is 39.4 Å². The van der Waals surface area contributed by atoms with Gasteiger partial charge in [0.25, 0.3) is 0 Å². The van der Waals surface area contributed by atoms with E-state index in [1.54, 1.807) is 7.05 Å². The summed E-state index contributed by atoms with van der Waals surface area (Å²) in [5, 5.41) is 2.84. The average Bonchev–Trinajstić information content (AvgIpc) is 2.37. The summed E-state index contributed by atoms with van der Waals surface area (Å²) >= 11 is 0. The van der Waals surface area contributed by atoms with Gasteiger partial charge in [0.1, 0.15) is 5.82 Å². The summed E-state index contributed by atoms with van der Waals surface area (Å²) in [6.45, 7) is 0.444. The van der Waals surface area contributed by atoms with Crippen molar-refractivity contribution in [2.75, 3.05) is 33.0 Å². The zero-order valence-corrected chi connectivity index (χ0v) is 13.0. The van der Waals surface area contributed by atoms with Crippen molar-refractivity contribution < 1.29 is 8.42 Å². The van der Waals surface area contributed by atoms with Crippen LogP contribution in [0.5, 0.6) is 0 Å². The van der Waals surface area contributed by atoms with Gasteiger partial charge in [0.15, 0.2) is 0 Å². The molecule has 0 saturated heterocycles. The van der Waals surface area contributed by atoms with Gasteiger partial charge >= 0.3 is 0 Å². The van der Waals surface area contributed by atoms with E-state index in [1.807, 2.05) is 14.1 Å². The predicted molar refractivity (Wildman–Crippen MR) is 79.2 cm³/mol. The first-order valence-corrected chi connectivity index (χ1v) is 8.19. The Morgan fingerprint density at radius 2 is 2.10 bits per heavy atom. The standard InChI is InChI=1S/C13H22N4O2S/c1-14-12-9-11(5-8-15-12)20(18,19)16-10-13(17(2)3)6-4-7-13/h5,8-9,16H,4,6-7,10H2,1-3H3,(H,14,15). The molecule has 0 bridgehead atoms. The van der Waals surface area contributed by atoms with Crippen LogP contribution in [0.1, 0.15) is 19.3 Å². The molecule has 0 atom stereocenters. The molecule has 1 fully saturated rings. The molecular weight excluding hydrogens is 276 g/mol. The van der Waals surface area contributed by atoms with Crippen LogP contribution in [-0.2, 0) is 10.0 Å². The lowest BCUT2D eigenvalue weighted by molar-refractivity contribution is 0.0657. The highest BCUT2D eigenvalue weighted by atomic mass is 32.2. The van der Waals surface area contributed by atoms with Crippen molar-refractivity contribution in [2.45, 2.75) is 29.7 Å². The highest BCUT2D eigenvalue weighted by molar-refractivity contribution is 7.89. The van der Waals surface area contributed by atoms with E-state index < -0.39 is 10.0 Å². The maximum absolute atomic E-state index is 12.3. The molecule has 1 heterocycles. The minimum atomic E-state index is -3.49. The molecule has 0 amide bonds. The van der Waals surface area contributed by atoms with Crippen LogP contribution in [0.25, 0.3) is 0 Å². The largest absolute Gasteiger partial charge is 0.373 e. The molecule has 7 heteroatoms. The molecule has 2 rings (SSSR count). The van der Waals surface area contributed by atoms with Gasteiger partial charge in [-0.15, -0.1) is 0 Å². The van der Waals surface area contributed by atoms with Crippen molar-refractivity contribution in [3.8, 4) is 0 Å². The van der Waals surface area contributed by atoms with Crippen LogP contribution in [0.15, 0.2) is 23.2 Å². The second-order valence-corrected chi connectivity index (χ2v) is 7.19. The number of pyridine rings is 1. The van der Waals surface area contributed by atoms with Gasteiger partial charge in [0.05, 0.1) is 4.90 Å². The Bertz CT molecular complexity index is 567. The maximum Gasteiger partial charge on any atom is 0.240 e. The van der Waals surface area contributed by atoms with E-state index in [9.17, 15) is 8.42 Å². The van der Waals surface area contributed by atoms with Gasteiger partial charge in [-0.1, -0.05) is 0 Å². The summed E-state index contributed by atoms with van der Waals surface area (Å²) < 4.78 is 27.4. The van der Waals surface area contributed by atoms with Crippen molar-refractivity contribution >= 4 is 15.8 Å². The summed E-state index contributed by atoms with van der Waals surface area (Å²) in [5.41, 5.74) is -0.0358. The maximum atomic E-state index is 12.3. The number of nitrogens with zero attached hydrogens (tertiary/aromatic N) is 2. The van der Waals surface area contributed by atoms with Crippen molar-refractivity contribution in [2.24, 2.45) is 0 Å². The Hall–Kier alpha value is -1.18. The first-order valence-electron chi connectivity index (χ1n) is 6.70. The Morgan fingerprint density at radius 3 is 2.60 bits per heavy atom. The lowest BCUT2D eigenvalue weighted by Crippen LogP contribution is -2.57. The molecular formula is C13H22N4O2S. The third-order valence-corrected chi connectivity index (χ3v) is 5.52. The van der Waals surface area contributed by atoms with Crippen molar-refractivity contribution in [3.05, 3.63) is 18.3 Å². The number of aromatic nitrogens is 1. The molecule has 1 aliphatic rings. The zero-order valence-electron chi connectivity index (χ0n) is 12.2. The summed E-state index contributed by atoms with van der Waals surface area (Å²) in [6, 6.07) is 3.04. The van der Waals surface area contributed by atoms with Crippen LogP contribution in [-0.4, -0.2) is 51.5 Å². The molecule has 6 nitrogen and oxygen atoms in total. The SMILES string of the molecule is CNc1cc(S(=O)(=O)NCC2(N(C)C)CCC2)ccn1. The van der Waals surface area contributed by atoms with Crippen LogP contribution < -0.4 is 10.0 Å². The molecule has 0 aromatic carbocycles. The monoisotopic (exact) mass is 298 g/mol. The summed E-state index contributed by atoms with van der Waals surface area (Å²) in [4.78, 5) is 6.38. The summed E-state index contributed by atoms with van der Waals surface area (Å²) in [5.74, 6) is 0.541. The fourth-order valence-electron chi connectivity index (χ4n) is 2.39. The molecule has 0 radical (unpaired) electrons. The molecule has 0 aliphatic heterocycles. The number of hydrogen-bond acceptors (Lipinski definition) is 5. The van der Waals surface area contributed by atoms with Crippen LogP contribution in [0, 0.1) is 0 Å².